The van der Waals surface area contributed by atoms with E-state index >= 15 is 0 Å². The number of nitro groups is 1. The average molecular weight is 272 g/mol. The van der Waals surface area contributed by atoms with Gasteiger partial charge in [0.05, 0.1) is 9.40 Å². The largest absolute Gasteiger partial charge is 0.366 e. The van der Waals surface area contributed by atoms with Crippen LogP contribution in [0.4, 0.5) is 11.5 Å². The Morgan fingerprint density at radius 2 is 2.33 bits per heavy atom. The van der Waals surface area contributed by atoms with E-state index in [-0.39, 0.29) is 5.69 Å². The summed E-state index contributed by atoms with van der Waals surface area (Å²) in [4.78, 5) is 14.3. The molecule has 1 fully saturated rings. The monoisotopic (exact) mass is 271 g/mol. The van der Waals surface area contributed by atoms with Crippen molar-refractivity contribution in [2.24, 2.45) is 0 Å². The van der Waals surface area contributed by atoms with Crippen LogP contribution in [0.5, 0.6) is 0 Å². The number of aromatic nitrogens is 1. The average Bonchev–Trinajstić information content (AvgIpc) is 2.96. The van der Waals surface area contributed by atoms with Crippen molar-refractivity contribution in [3.8, 4) is 0 Å². The molecule has 0 saturated heterocycles. The lowest BCUT2D eigenvalue weighted by atomic mass is 10.2. The van der Waals surface area contributed by atoms with Crippen molar-refractivity contribution in [2.75, 3.05) is 5.32 Å². The quantitative estimate of drug-likeness (QED) is 0.678. The number of halogens is 1. The van der Waals surface area contributed by atoms with Gasteiger partial charge in [0, 0.05) is 11.6 Å². The third kappa shape index (κ3) is 2.09. The van der Waals surface area contributed by atoms with Gasteiger partial charge in [0.2, 0.25) is 0 Å². The summed E-state index contributed by atoms with van der Waals surface area (Å²) in [6, 6.07) is 0.481. The summed E-state index contributed by atoms with van der Waals surface area (Å²) in [5.74, 6) is 0.695. The third-order valence-electron chi connectivity index (χ3n) is 2.35. The third-order valence-corrected chi connectivity index (χ3v) is 3.32. The summed E-state index contributed by atoms with van der Waals surface area (Å²) in [6.45, 7) is 1.71. The predicted molar refractivity (Wildman–Crippen MR) is 60.0 cm³/mol. The van der Waals surface area contributed by atoms with Crippen LogP contribution in [0.2, 0.25) is 0 Å². The minimum Gasteiger partial charge on any atom is -0.366 e. The van der Waals surface area contributed by atoms with Gasteiger partial charge in [-0.25, -0.2) is 4.98 Å². The van der Waals surface area contributed by atoms with Crippen LogP contribution in [0.25, 0.3) is 0 Å². The highest BCUT2D eigenvalue weighted by Gasteiger charge is 2.24. The first-order valence-corrected chi connectivity index (χ1v) is 5.45. The molecule has 0 spiro atoms. The first kappa shape index (κ1) is 10.4. The van der Waals surface area contributed by atoms with Gasteiger partial charge in [0.25, 0.3) is 5.69 Å². The van der Waals surface area contributed by atoms with Crippen LogP contribution in [0.1, 0.15) is 18.4 Å². The highest BCUT2D eigenvalue weighted by atomic mass is 79.9. The SMILES string of the molecule is Cc1c([N+](=O)[O-])cnc(NC2CC2)c1Br. The van der Waals surface area contributed by atoms with Gasteiger partial charge in [0.15, 0.2) is 0 Å². The molecule has 1 aromatic rings. The van der Waals surface area contributed by atoms with Crippen molar-refractivity contribution in [3.05, 3.63) is 26.3 Å². The van der Waals surface area contributed by atoms with Crippen LogP contribution in [0.3, 0.4) is 0 Å². The molecule has 0 atom stereocenters. The Bertz CT molecular complexity index is 418. The molecule has 0 amide bonds. The predicted octanol–water partition coefficient (Wildman–Crippen LogP) is 2.64. The summed E-state index contributed by atoms with van der Waals surface area (Å²) < 4.78 is 0.684. The van der Waals surface area contributed by atoms with E-state index in [1.165, 1.54) is 6.20 Å². The molecule has 0 aromatic carbocycles. The molecular weight excluding hydrogens is 262 g/mol. The van der Waals surface area contributed by atoms with Crippen LogP contribution >= 0.6 is 15.9 Å². The Morgan fingerprint density at radius 3 is 2.87 bits per heavy atom. The molecular formula is C9H10BrN3O2. The fourth-order valence-electron chi connectivity index (χ4n) is 1.27. The highest BCUT2D eigenvalue weighted by Crippen LogP contribution is 2.33. The maximum absolute atomic E-state index is 10.6. The first-order chi connectivity index (χ1) is 7.09. The summed E-state index contributed by atoms with van der Waals surface area (Å²) in [6.07, 6.45) is 3.58. The summed E-state index contributed by atoms with van der Waals surface area (Å²) in [5, 5.41) is 13.9. The normalized spacial score (nSPS) is 15.1. The van der Waals surface area contributed by atoms with Crippen molar-refractivity contribution in [1.82, 2.24) is 4.98 Å². The molecule has 1 aliphatic carbocycles. The van der Waals surface area contributed by atoms with Gasteiger partial charge in [-0.3, -0.25) is 10.1 Å². The number of pyridine rings is 1. The molecule has 1 N–H and O–H groups in total. The van der Waals surface area contributed by atoms with Gasteiger partial charge in [-0.15, -0.1) is 0 Å². The number of hydrogen-bond acceptors (Lipinski definition) is 4. The molecule has 1 aliphatic rings. The van der Waals surface area contributed by atoms with Crippen LogP contribution in [0, 0.1) is 17.0 Å². The minimum atomic E-state index is -0.423. The minimum absolute atomic E-state index is 0.0446. The maximum atomic E-state index is 10.6. The zero-order valence-corrected chi connectivity index (χ0v) is 9.74. The zero-order valence-electron chi connectivity index (χ0n) is 8.16. The molecule has 15 heavy (non-hydrogen) atoms. The number of rotatable bonds is 3. The second-order valence-corrected chi connectivity index (χ2v) is 4.40. The molecule has 2 rings (SSSR count). The van der Waals surface area contributed by atoms with Crippen LogP contribution in [0.15, 0.2) is 10.7 Å². The fourth-order valence-corrected chi connectivity index (χ4v) is 1.69. The van der Waals surface area contributed by atoms with E-state index in [9.17, 15) is 10.1 Å². The van der Waals surface area contributed by atoms with Gasteiger partial charge in [0.1, 0.15) is 12.0 Å². The molecule has 5 nitrogen and oxygen atoms in total. The zero-order chi connectivity index (χ0) is 11.0. The molecule has 1 saturated carbocycles. The summed E-state index contributed by atoms with van der Waals surface area (Å²) >= 11 is 3.33. The van der Waals surface area contributed by atoms with E-state index in [1.54, 1.807) is 6.92 Å². The van der Waals surface area contributed by atoms with Crippen molar-refractivity contribution in [1.29, 1.82) is 0 Å². The van der Waals surface area contributed by atoms with Crippen LogP contribution < -0.4 is 5.32 Å². The molecule has 0 aliphatic heterocycles. The smallest absolute Gasteiger partial charge is 0.291 e. The van der Waals surface area contributed by atoms with E-state index in [0.717, 1.165) is 12.8 Å². The van der Waals surface area contributed by atoms with E-state index in [4.69, 9.17) is 0 Å². The first-order valence-electron chi connectivity index (χ1n) is 4.65. The number of anilines is 1. The molecule has 1 heterocycles. The van der Waals surface area contributed by atoms with Gasteiger partial charge < -0.3 is 5.32 Å². The summed E-state index contributed by atoms with van der Waals surface area (Å²) in [5.41, 5.74) is 0.654. The Hall–Kier alpha value is -1.17. The molecule has 1 aromatic heterocycles. The van der Waals surface area contributed by atoms with Gasteiger partial charge in [-0.2, -0.15) is 0 Å². The van der Waals surface area contributed by atoms with E-state index in [1.807, 2.05) is 0 Å². The van der Waals surface area contributed by atoms with Crippen LogP contribution in [-0.4, -0.2) is 15.9 Å². The molecule has 0 unspecified atom stereocenters. The highest BCUT2D eigenvalue weighted by molar-refractivity contribution is 9.10. The van der Waals surface area contributed by atoms with Crippen molar-refractivity contribution in [2.45, 2.75) is 25.8 Å². The van der Waals surface area contributed by atoms with Gasteiger partial charge in [-0.05, 0) is 35.7 Å². The molecule has 80 valence electrons. The van der Waals surface area contributed by atoms with Crippen molar-refractivity contribution >= 4 is 27.4 Å². The van der Waals surface area contributed by atoms with E-state index in [2.05, 4.69) is 26.2 Å². The Morgan fingerprint density at radius 1 is 1.67 bits per heavy atom. The van der Waals surface area contributed by atoms with Crippen LogP contribution in [-0.2, 0) is 0 Å². The second-order valence-electron chi connectivity index (χ2n) is 3.61. The molecule has 0 bridgehead atoms. The lowest BCUT2D eigenvalue weighted by Crippen LogP contribution is -2.05. The Kier molecular flexibility index (Phi) is 2.60. The van der Waals surface area contributed by atoms with Crippen molar-refractivity contribution < 1.29 is 4.92 Å². The Balaban J connectivity index is 2.34. The maximum Gasteiger partial charge on any atom is 0.291 e. The standard InChI is InChI=1S/C9H10BrN3O2/c1-5-7(13(14)15)4-11-9(8(5)10)12-6-2-3-6/h4,6H,2-3H2,1H3,(H,11,12). The molecule has 0 radical (unpaired) electrons. The molecule has 6 heteroatoms. The summed E-state index contributed by atoms with van der Waals surface area (Å²) in [7, 11) is 0. The fraction of sp³-hybridized carbons (Fsp3) is 0.444. The lowest BCUT2D eigenvalue weighted by Gasteiger charge is -2.07. The topological polar surface area (TPSA) is 68.1 Å². The Labute approximate surface area is 95.2 Å². The number of hydrogen-bond donors (Lipinski definition) is 1. The van der Waals surface area contributed by atoms with Gasteiger partial charge in [-0.1, -0.05) is 0 Å². The number of nitrogens with zero attached hydrogens (tertiary/aromatic N) is 2. The lowest BCUT2D eigenvalue weighted by molar-refractivity contribution is -0.385. The van der Waals surface area contributed by atoms with Gasteiger partial charge >= 0.3 is 0 Å². The van der Waals surface area contributed by atoms with E-state index < -0.39 is 4.92 Å². The van der Waals surface area contributed by atoms with Crippen molar-refractivity contribution in [3.63, 3.8) is 0 Å². The number of nitrogens with one attached hydrogen (secondary N) is 1. The van der Waals surface area contributed by atoms with E-state index in [0.29, 0.717) is 21.9 Å². The second kappa shape index (κ2) is 3.77.